The van der Waals surface area contributed by atoms with Crippen LogP contribution in [-0.4, -0.2) is 5.91 Å². The van der Waals surface area contributed by atoms with Gasteiger partial charge in [0.15, 0.2) is 0 Å². The SMILES string of the molecule is Cc1ccc(-c2cc(C)ccc2NC(=O)C(C)(C)C)cc1. The second-order valence-corrected chi connectivity index (χ2v) is 6.62. The average Bonchev–Trinajstić information content (AvgIpc) is 2.40. The largest absolute Gasteiger partial charge is 0.325 e. The molecule has 0 saturated heterocycles. The summed E-state index contributed by atoms with van der Waals surface area (Å²) in [5.41, 5.74) is 5.05. The van der Waals surface area contributed by atoms with Crippen LogP contribution in [0.15, 0.2) is 42.5 Å². The van der Waals surface area contributed by atoms with Crippen molar-refractivity contribution in [3.05, 3.63) is 53.6 Å². The summed E-state index contributed by atoms with van der Waals surface area (Å²) in [4.78, 5) is 12.2. The van der Waals surface area contributed by atoms with E-state index in [-0.39, 0.29) is 5.91 Å². The Balaban J connectivity index is 2.43. The van der Waals surface area contributed by atoms with Crippen LogP contribution in [0.25, 0.3) is 11.1 Å². The Labute approximate surface area is 127 Å². The molecule has 0 spiro atoms. The second-order valence-electron chi connectivity index (χ2n) is 6.62. The normalized spacial score (nSPS) is 11.3. The minimum Gasteiger partial charge on any atom is -0.325 e. The third kappa shape index (κ3) is 3.72. The van der Waals surface area contributed by atoms with Gasteiger partial charge in [-0.15, -0.1) is 0 Å². The highest BCUT2D eigenvalue weighted by molar-refractivity contribution is 5.98. The quantitative estimate of drug-likeness (QED) is 0.828. The van der Waals surface area contributed by atoms with Crippen LogP contribution in [-0.2, 0) is 4.79 Å². The predicted molar refractivity (Wildman–Crippen MR) is 89.4 cm³/mol. The molecule has 0 aliphatic carbocycles. The number of carbonyl (C=O) groups is 1. The van der Waals surface area contributed by atoms with Gasteiger partial charge in [0.2, 0.25) is 5.91 Å². The zero-order chi connectivity index (χ0) is 15.6. The van der Waals surface area contributed by atoms with E-state index in [1.807, 2.05) is 32.9 Å². The topological polar surface area (TPSA) is 29.1 Å². The fourth-order valence-electron chi connectivity index (χ4n) is 2.05. The zero-order valence-electron chi connectivity index (χ0n) is 13.4. The number of rotatable bonds is 2. The summed E-state index contributed by atoms with van der Waals surface area (Å²) in [6.07, 6.45) is 0. The van der Waals surface area contributed by atoms with E-state index < -0.39 is 5.41 Å². The molecule has 110 valence electrons. The minimum atomic E-state index is -0.407. The van der Waals surface area contributed by atoms with Crippen molar-refractivity contribution in [3.63, 3.8) is 0 Å². The minimum absolute atomic E-state index is 0.0275. The van der Waals surface area contributed by atoms with Gasteiger partial charge in [0.05, 0.1) is 0 Å². The van der Waals surface area contributed by atoms with Crippen molar-refractivity contribution < 1.29 is 4.79 Å². The molecule has 0 unspecified atom stereocenters. The molecule has 1 amide bonds. The number of aryl methyl sites for hydroxylation is 2. The van der Waals surface area contributed by atoms with E-state index in [1.54, 1.807) is 0 Å². The number of carbonyl (C=O) groups excluding carboxylic acids is 1. The Morgan fingerprint density at radius 3 is 2.05 bits per heavy atom. The molecule has 0 heterocycles. The van der Waals surface area contributed by atoms with Gasteiger partial charge in [-0.1, -0.05) is 62.2 Å². The predicted octanol–water partition coefficient (Wildman–Crippen LogP) is 4.96. The molecular formula is C19H23NO. The smallest absolute Gasteiger partial charge is 0.229 e. The molecule has 2 aromatic rings. The molecule has 0 atom stereocenters. The number of amides is 1. The summed E-state index contributed by atoms with van der Waals surface area (Å²) in [6.45, 7) is 9.89. The van der Waals surface area contributed by atoms with Gasteiger partial charge < -0.3 is 5.32 Å². The standard InChI is InChI=1S/C19H23NO/c1-13-6-9-15(10-7-13)16-12-14(2)8-11-17(16)20-18(21)19(3,4)5/h6-12H,1-5H3,(H,20,21). The van der Waals surface area contributed by atoms with E-state index in [4.69, 9.17) is 0 Å². The maximum absolute atomic E-state index is 12.2. The molecule has 2 rings (SSSR count). The van der Waals surface area contributed by atoms with Crippen LogP contribution in [0.1, 0.15) is 31.9 Å². The van der Waals surface area contributed by atoms with Crippen LogP contribution in [0.5, 0.6) is 0 Å². The maximum atomic E-state index is 12.2. The molecule has 0 aliphatic heterocycles. The molecule has 0 radical (unpaired) electrons. The number of benzene rings is 2. The van der Waals surface area contributed by atoms with Gasteiger partial charge in [-0.25, -0.2) is 0 Å². The van der Waals surface area contributed by atoms with E-state index in [1.165, 1.54) is 11.1 Å². The molecule has 0 saturated carbocycles. The second kappa shape index (κ2) is 5.72. The average molecular weight is 281 g/mol. The van der Waals surface area contributed by atoms with Gasteiger partial charge in [-0.05, 0) is 31.5 Å². The molecule has 0 fully saturated rings. The summed E-state index contributed by atoms with van der Waals surface area (Å²) in [6, 6.07) is 14.5. The number of nitrogens with one attached hydrogen (secondary N) is 1. The van der Waals surface area contributed by atoms with Crippen LogP contribution >= 0.6 is 0 Å². The van der Waals surface area contributed by atoms with Crippen molar-refractivity contribution in [2.24, 2.45) is 5.41 Å². The van der Waals surface area contributed by atoms with Gasteiger partial charge in [-0.2, -0.15) is 0 Å². The first-order chi connectivity index (χ1) is 9.77. The molecule has 2 nitrogen and oxygen atoms in total. The van der Waals surface area contributed by atoms with Crippen LogP contribution in [0.4, 0.5) is 5.69 Å². The summed E-state index contributed by atoms with van der Waals surface area (Å²) < 4.78 is 0. The molecule has 0 bridgehead atoms. The lowest BCUT2D eigenvalue weighted by molar-refractivity contribution is -0.123. The molecule has 21 heavy (non-hydrogen) atoms. The van der Waals surface area contributed by atoms with Crippen molar-refractivity contribution in [3.8, 4) is 11.1 Å². The third-order valence-corrected chi connectivity index (χ3v) is 3.47. The van der Waals surface area contributed by atoms with E-state index in [0.29, 0.717) is 0 Å². The van der Waals surface area contributed by atoms with Gasteiger partial charge in [-0.3, -0.25) is 4.79 Å². The van der Waals surface area contributed by atoms with Crippen LogP contribution in [0, 0.1) is 19.3 Å². The molecule has 2 aromatic carbocycles. The molecule has 2 heteroatoms. The van der Waals surface area contributed by atoms with Gasteiger partial charge in [0.25, 0.3) is 0 Å². The molecule has 1 N–H and O–H groups in total. The maximum Gasteiger partial charge on any atom is 0.229 e. The summed E-state index contributed by atoms with van der Waals surface area (Å²) >= 11 is 0. The summed E-state index contributed by atoms with van der Waals surface area (Å²) in [5, 5.41) is 3.05. The van der Waals surface area contributed by atoms with Gasteiger partial charge in [0.1, 0.15) is 0 Å². The van der Waals surface area contributed by atoms with E-state index in [9.17, 15) is 4.79 Å². The highest BCUT2D eigenvalue weighted by Crippen LogP contribution is 2.30. The Morgan fingerprint density at radius 2 is 1.48 bits per heavy atom. The van der Waals surface area contributed by atoms with Crippen molar-refractivity contribution >= 4 is 11.6 Å². The first-order valence-corrected chi connectivity index (χ1v) is 7.26. The van der Waals surface area contributed by atoms with Crippen molar-refractivity contribution in [2.75, 3.05) is 5.32 Å². The van der Waals surface area contributed by atoms with Crippen molar-refractivity contribution in [1.82, 2.24) is 0 Å². The molecular weight excluding hydrogens is 258 g/mol. The van der Waals surface area contributed by atoms with Gasteiger partial charge in [0, 0.05) is 16.7 Å². The van der Waals surface area contributed by atoms with Crippen molar-refractivity contribution in [1.29, 1.82) is 0 Å². The van der Waals surface area contributed by atoms with Crippen LogP contribution in [0.2, 0.25) is 0 Å². The van der Waals surface area contributed by atoms with Crippen LogP contribution < -0.4 is 5.32 Å². The lowest BCUT2D eigenvalue weighted by Crippen LogP contribution is -2.27. The Morgan fingerprint density at radius 1 is 0.905 bits per heavy atom. The highest BCUT2D eigenvalue weighted by atomic mass is 16.2. The summed E-state index contributed by atoms with van der Waals surface area (Å²) in [5.74, 6) is 0.0275. The fraction of sp³-hybridized carbons (Fsp3) is 0.316. The van der Waals surface area contributed by atoms with E-state index in [0.717, 1.165) is 16.8 Å². The zero-order valence-corrected chi connectivity index (χ0v) is 13.4. The Hall–Kier alpha value is -2.09. The first kappa shape index (κ1) is 15.3. The first-order valence-electron chi connectivity index (χ1n) is 7.26. The molecule has 0 aliphatic rings. The van der Waals surface area contributed by atoms with E-state index in [2.05, 4.69) is 49.5 Å². The van der Waals surface area contributed by atoms with Gasteiger partial charge >= 0.3 is 0 Å². The van der Waals surface area contributed by atoms with Crippen LogP contribution in [0.3, 0.4) is 0 Å². The highest BCUT2D eigenvalue weighted by Gasteiger charge is 2.22. The summed E-state index contributed by atoms with van der Waals surface area (Å²) in [7, 11) is 0. The van der Waals surface area contributed by atoms with E-state index >= 15 is 0 Å². The molecule has 0 aromatic heterocycles. The monoisotopic (exact) mass is 281 g/mol. The lowest BCUT2D eigenvalue weighted by atomic mass is 9.94. The Bertz CT molecular complexity index is 648. The number of hydrogen-bond acceptors (Lipinski definition) is 1. The van der Waals surface area contributed by atoms with Crippen molar-refractivity contribution in [2.45, 2.75) is 34.6 Å². The third-order valence-electron chi connectivity index (χ3n) is 3.47. The Kier molecular flexibility index (Phi) is 4.17. The number of hydrogen-bond donors (Lipinski definition) is 1. The number of anilines is 1. The lowest BCUT2D eigenvalue weighted by Gasteiger charge is -2.20. The fourth-order valence-corrected chi connectivity index (χ4v) is 2.05.